The zero-order valence-electron chi connectivity index (χ0n) is 42.7. The molecule has 1 aromatic heterocycles. The Balaban J connectivity index is 1.53. The van der Waals surface area contributed by atoms with Gasteiger partial charge in [-0.05, 0) is 114 Å². The molecule has 1 heterocycles. The predicted molar refractivity (Wildman–Crippen MR) is 279 cm³/mol. The molecule has 0 saturated heterocycles. The number of aromatic nitrogens is 3. The average molecular weight is 1020 g/mol. The van der Waals surface area contributed by atoms with Gasteiger partial charge in [-0.1, -0.05) is 113 Å². The molecule has 4 aromatic rings. The van der Waals surface area contributed by atoms with Crippen LogP contribution in [0.1, 0.15) is 175 Å². The summed E-state index contributed by atoms with van der Waals surface area (Å²) in [6.45, 7) is 24.7. The molecule has 0 amide bonds. The Morgan fingerprint density at radius 1 is 0.391 bits per heavy atom. The quantitative estimate of drug-likeness (QED) is 0.0254. The molecule has 0 aliphatic carbocycles. The lowest BCUT2D eigenvalue weighted by atomic mass is 10.1. The monoisotopic (exact) mass is 1020 g/mol. The molecule has 0 bridgehead atoms. The number of unbranched alkanes of at least 4 members (excludes halogenated alkanes) is 3. The smallest absolute Gasteiger partial charge is 0.340 e. The highest BCUT2D eigenvalue weighted by molar-refractivity contribution is 7.42. The molecule has 0 spiro atoms. The highest BCUT2D eigenvalue weighted by atomic mass is 31.1. The van der Waals surface area contributed by atoms with Crippen LogP contribution in [0.15, 0.2) is 87.2 Å². The Hall–Kier alpha value is -3.00. The van der Waals surface area contributed by atoms with Crippen LogP contribution in [0.4, 0.5) is 0 Å². The molecular weight excluding hydrogens is 939 g/mol. The number of hydrogen-bond donors (Lipinski definition) is 0. The highest BCUT2D eigenvalue weighted by Crippen LogP contribution is 2.27. The van der Waals surface area contributed by atoms with Crippen molar-refractivity contribution in [3.63, 3.8) is 0 Å². The normalized spacial score (nSPS) is 16.3. The average Bonchev–Trinajstić information content (AvgIpc) is 3.32. The summed E-state index contributed by atoms with van der Waals surface area (Å²) in [6, 6.07) is 23.3. The van der Waals surface area contributed by atoms with E-state index in [4.69, 9.17) is 42.0 Å². The minimum atomic E-state index is -1.07. The molecule has 0 radical (unpaired) electrons. The van der Waals surface area contributed by atoms with Gasteiger partial charge in [0.25, 0.3) is 0 Å². The number of rotatable bonds is 33. The van der Waals surface area contributed by atoms with Crippen molar-refractivity contribution in [1.82, 2.24) is 13.7 Å². The highest BCUT2D eigenvalue weighted by Gasteiger charge is 2.26. The molecule has 0 fully saturated rings. The first-order valence-electron chi connectivity index (χ1n) is 24.4. The van der Waals surface area contributed by atoms with Crippen LogP contribution >= 0.6 is 26.4 Å². The van der Waals surface area contributed by atoms with E-state index in [0.29, 0.717) is 19.8 Å². The summed E-state index contributed by atoms with van der Waals surface area (Å²) < 4.78 is 56.9. The number of ether oxygens (including phenoxy) is 6. The SMILES string of the molecule is CCCCOC(C)OC(C)c1ccc(POC(C)n2c(=O)n(C(C)OPc3ccc(C(C)OC(C)OCCCC)cc3)c(=O)n(C(C)OPc3ccc(C(C)OC(C)OCCCC)cc3)c2=O)cc1. The third-order valence-electron chi connectivity index (χ3n) is 11.2. The van der Waals surface area contributed by atoms with E-state index >= 15 is 0 Å². The Morgan fingerprint density at radius 3 is 0.841 bits per heavy atom. The zero-order valence-corrected chi connectivity index (χ0v) is 45.7. The lowest BCUT2D eigenvalue weighted by Crippen LogP contribution is -2.57. The fourth-order valence-electron chi connectivity index (χ4n) is 7.01. The van der Waals surface area contributed by atoms with E-state index < -0.39 is 35.8 Å². The van der Waals surface area contributed by atoms with Gasteiger partial charge in [-0.3, -0.25) is 0 Å². The van der Waals surface area contributed by atoms with Gasteiger partial charge in [0.2, 0.25) is 0 Å². The van der Waals surface area contributed by atoms with Gasteiger partial charge in [0.1, 0.15) is 18.7 Å². The largest absolute Gasteiger partial charge is 0.353 e. The van der Waals surface area contributed by atoms with E-state index in [1.807, 2.05) is 114 Å². The second-order valence-electron chi connectivity index (χ2n) is 17.0. The van der Waals surface area contributed by atoms with Crippen LogP contribution in [0.25, 0.3) is 0 Å². The topological polar surface area (TPSA) is 149 Å². The summed E-state index contributed by atoms with van der Waals surface area (Å²) in [7, 11) is -0.695. The molecule has 0 aliphatic rings. The zero-order chi connectivity index (χ0) is 50.5. The van der Waals surface area contributed by atoms with Gasteiger partial charge < -0.3 is 42.0 Å². The summed E-state index contributed by atoms with van der Waals surface area (Å²) in [4.78, 5) is 43.0. The molecule has 4 rings (SSSR count). The molecule has 0 N–H and O–H groups in total. The summed E-state index contributed by atoms with van der Waals surface area (Å²) in [5.74, 6) is 0. The molecule has 0 aliphatic heterocycles. The molecule has 69 heavy (non-hydrogen) atoms. The van der Waals surface area contributed by atoms with Crippen molar-refractivity contribution >= 4 is 42.3 Å². The maximum atomic E-state index is 14.3. The number of hydrogen-bond acceptors (Lipinski definition) is 12. The van der Waals surface area contributed by atoms with E-state index in [9.17, 15) is 14.4 Å². The second-order valence-corrected chi connectivity index (χ2v) is 20.0. The van der Waals surface area contributed by atoms with Crippen LogP contribution in [-0.4, -0.2) is 52.4 Å². The van der Waals surface area contributed by atoms with E-state index in [1.54, 1.807) is 20.8 Å². The van der Waals surface area contributed by atoms with Crippen LogP contribution in [0.2, 0.25) is 0 Å². The Kier molecular flexibility index (Phi) is 26.1. The lowest BCUT2D eigenvalue weighted by molar-refractivity contribution is -0.158. The van der Waals surface area contributed by atoms with E-state index in [2.05, 4.69) is 20.8 Å². The summed E-state index contributed by atoms with van der Waals surface area (Å²) in [5.41, 5.74) is 0.302. The van der Waals surface area contributed by atoms with Crippen LogP contribution in [0, 0.1) is 0 Å². The van der Waals surface area contributed by atoms with Crippen molar-refractivity contribution in [2.75, 3.05) is 19.8 Å². The van der Waals surface area contributed by atoms with E-state index in [1.165, 1.54) is 0 Å². The summed E-state index contributed by atoms with van der Waals surface area (Å²) >= 11 is 0. The minimum Gasteiger partial charge on any atom is -0.353 e. The van der Waals surface area contributed by atoms with Crippen molar-refractivity contribution in [1.29, 1.82) is 0 Å². The number of benzene rings is 3. The van der Waals surface area contributed by atoms with Crippen LogP contribution in [-0.2, 0) is 42.0 Å². The second kappa shape index (κ2) is 30.8. The van der Waals surface area contributed by atoms with E-state index in [-0.39, 0.29) is 63.6 Å². The molecular formula is C51H78N3O12P3. The predicted octanol–water partition coefficient (Wildman–Crippen LogP) is 10.3. The third-order valence-corrected chi connectivity index (χ3v) is 14.3. The summed E-state index contributed by atoms with van der Waals surface area (Å²) in [6.07, 6.45) is 1.21. The fraction of sp³-hybridized carbons (Fsp3) is 0.588. The summed E-state index contributed by atoms with van der Waals surface area (Å²) in [5, 5.41) is 2.52. The molecule has 0 saturated carbocycles. The van der Waals surface area contributed by atoms with Crippen LogP contribution in [0.5, 0.6) is 0 Å². The Bertz CT molecular complexity index is 1980. The van der Waals surface area contributed by atoms with Crippen molar-refractivity contribution in [2.24, 2.45) is 0 Å². The van der Waals surface area contributed by atoms with Crippen molar-refractivity contribution < 1.29 is 42.0 Å². The Labute approximate surface area is 414 Å². The standard InChI is InChI=1S/C51H78N3O12P3/c1-13-16-31-58-40(10)61-34(4)43-19-25-46(26-20-43)67-64-37(7)52-49(55)53(38(8)65-68-47-27-21-44(22-28-47)35(5)62-41(11)59-32-17-14-2)51(57)54(50(52)56)39(9)66-69-48-29-23-45(24-30-48)36(6)63-42(12)60-33-18-15-3/h19-30,34-42,67-69H,13-18,31-33H2,1-12H3. The van der Waals surface area contributed by atoms with Crippen LogP contribution in [0.3, 0.4) is 0 Å². The molecule has 18 heteroatoms. The molecule has 12 atom stereocenters. The lowest BCUT2D eigenvalue weighted by Gasteiger charge is -2.24. The molecule has 384 valence electrons. The van der Waals surface area contributed by atoms with Crippen LogP contribution < -0.4 is 33.0 Å². The number of nitrogens with zero attached hydrogens (tertiary/aromatic N) is 3. The van der Waals surface area contributed by atoms with Gasteiger partial charge in [-0.15, -0.1) is 0 Å². The molecule has 15 nitrogen and oxygen atoms in total. The van der Waals surface area contributed by atoms with Gasteiger partial charge >= 0.3 is 17.1 Å². The van der Waals surface area contributed by atoms with E-state index in [0.717, 1.165) is 84.8 Å². The molecule has 12 unspecified atom stereocenters. The maximum absolute atomic E-state index is 14.3. The van der Waals surface area contributed by atoms with Crippen molar-refractivity contribution in [2.45, 2.75) is 177 Å². The first-order valence-corrected chi connectivity index (χ1v) is 27.2. The van der Waals surface area contributed by atoms with Gasteiger partial charge in [0.15, 0.2) is 18.9 Å². The van der Waals surface area contributed by atoms with Crippen molar-refractivity contribution in [3.8, 4) is 0 Å². The van der Waals surface area contributed by atoms with Gasteiger partial charge in [-0.25, -0.2) is 28.1 Å². The van der Waals surface area contributed by atoms with Crippen molar-refractivity contribution in [3.05, 3.63) is 121 Å². The van der Waals surface area contributed by atoms with Gasteiger partial charge in [0, 0.05) is 46.2 Å². The van der Waals surface area contributed by atoms with Gasteiger partial charge in [-0.2, -0.15) is 0 Å². The Morgan fingerprint density at radius 2 is 0.623 bits per heavy atom. The van der Waals surface area contributed by atoms with Gasteiger partial charge in [0.05, 0.1) is 18.3 Å². The fourth-order valence-corrected chi connectivity index (χ4v) is 9.15. The minimum absolute atomic E-state index is 0.203. The maximum Gasteiger partial charge on any atom is 0.340 e. The third kappa shape index (κ3) is 18.8. The first-order chi connectivity index (χ1) is 33.1. The first kappa shape index (κ1) is 58.6. The molecule has 3 aromatic carbocycles.